The normalized spacial score (nSPS) is 14.4. The number of rotatable bonds is 4. The molecular weight excluding hydrogens is 480 g/mol. The summed E-state index contributed by atoms with van der Waals surface area (Å²) in [6.45, 7) is 0.0929. The molecule has 1 heterocycles. The first-order valence-corrected chi connectivity index (χ1v) is 11.5. The van der Waals surface area contributed by atoms with E-state index in [1.165, 1.54) is 11.9 Å². The molecule has 37 heavy (non-hydrogen) atoms. The number of nitrogens with one attached hydrogen (secondary N) is 2. The molecule has 3 aromatic rings. The summed E-state index contributed by atoms with van der Waals surface area (Å²) in [6.07, 6.45) is 0.558. The molecule has 1 aliphatic rings. The standard InChI is InChI=1S/C28H23F2N3O4/c1-33-24-15-19(7-8-20-13-21(29)16-22(30)14-20)9-10-25(24)37-17-23(28(33)36)32-27(35)26(34)31-12-11-18-5-3-2-4-6-18/h2-6,9-10,13-16,23H,11-12,17H2,1H3,(H,31,34)(H,32,35)/t23-/m0/s1. The molecule has 2 N–H and O–H groups in total. The van der Waals surface area contributed by atoms with E-state index in [0.717, 1.165) is 23.8 Å². The first-order chi connectivity index (χ1) is 17.8. The smallest absolute Gasteiger partial charge is 0.310 e. The van der Waals surface area contributed by atoms with Crippen LogP contribution in [0, 0.1) is 23.5 Å². The molecule has 9 heteroatoms. The van der Waals surface area contributed by atoms with Gasteiger partial charge in [-0.2, -0.15) is 0 Å². The zero-order valence-electron chi connectivity index (χ0n) is 19.9. The maximum Gasteiger partial charge on any atom is 0.310 e. The monoisotopic (exact) mass is 503 g/mol. The van der Waals surface area contributed by atoms with Crippen LogP contribution in [0.15, 0.2) is 66.7 Å². The summed E-state index contributed by atoms with van der Waals surface area (Å²) in [5.41, 5.74) is 2.05. The molecule has 0 radical (unpaired) electrons. The molecule has 0 bridgehead atoms. The second kappa shape index (κ2) is 11.4. The molecule has 0 aromatic heterocycles. The van der Waals surface area contributed by atoms with E-state index >= 15 is 0 Å². The fourth-order valence-electron chi connectivity index (χ4n) is 3.72. The van der Waals surface area contributed by atoms with Gasteiger partial charge < -0.3 is 20.3 Å². The molecule has 1 aliphatic heterocycles. The minimum atomic E-state index is -1.09. The summed E-state index contributed by atoms with van der Waals surface area (Å²) in [4.78, 5) is 38.9. The van der Waals surface area contributed by atoms with E-state index in [9.17, 15) is 23.2 Å². The first kappa shape index (κ1) is 25.4. The lowest BCUT2D eigenvalue weighted by molar-refractivity contribution is -0.140. The third kappa shape index (κ3) is 6.49. The van der Waals surface area contributed by atoms with E-state index in [0.29, 0.717) is 23.4 Å². The number of fused-ring (bicyclic) bond motifs is 1. The molecule has 0 aliphatic carbocycles. The highest BCUT2D eigenvalue weighted by Crippen LogP contribution is 2.31. The lowest BCUT2D eigenvalue weighted by atomic mass is 10.1. The number of amides is 3. The Morgan fingerprint density at radius 2 is 1.68 bits per heavy atom. The van der Waals surface area contributed by atoms with Gasteiger partial charge in [0.1, 0.15) is 30.0 Å². The molecule has 188 valence electrons. The van der Waals surface area contributed by atoms with E-state index in [-0.39, 0.29) is 18.7 Å². The van der Waals surface area contributed by atoms with E-state index in [1.807, 2.05) is 30.3 Å². The average molecular weight is 504 g/mol. The third-order valence-electron chi connectivity index (χ3n) is 5.62. The van der Waals surface area contributed by atoms with Crippen LogP contribution < -0.4 is 20.3 Å². The predicted molar refractivity (Wildman–Crippen MR) is 133 cm³/mol. The number of carbonyl (C=O) groups is 3. The SMILES string of the molecule is CN1C(=O)[C@@H](NC(=O)C(=O)NCCc2ccccc2)COc2ccc(C#Cc3cc(F)cc(F)c3)cc21. The highest BCUT2D eigenvalue weighted by molar-refractivity contribution is 6.35. The van der Waals surface area contributed by atoms with E-state index in [4.69, 9.17) is 4.74 Å². The molecule has 0 saturated heterocycles. The summed E-state index contributed by atoms with van der Waals surface area (Å²) in [7, 11) is 1.51. The zero-order chi connectivity index (χ0) is 26.4. The Morgan fingerprint density at radius 3 is 2.41 bits per heavy atom. The van der Waals surface area contributed by atoms with Crippen molar-refractivity contribution in [1.29, 1.82) is 0 Å². The van der Waals surface area contributed by atoms with Crippen molar-refractivity contribution >= 4 is 23.4 Å². The van der Waals surface area contributed by atoms with Crippen molar-refractivity contribution in [3.8, 4) is 17.6 Å². The van der Waals surface area contributed by atoms with Crippen molar-refractivity contribution in [2.24, 2.45) is 0 Å². The first-order valence-electron chi connectivity index (χ1n) is 11.5. The lowest BCUT2D eigenvalue weighted by Crippen LogP contribution is -2.53. The summed E-state index contributed by atoms with van der Waals surface area (Å²) >= 11 is 0. The molecule has 3 amide bonds. The Bertz CT molecular complexity index is 1380. The van der Waals surface area contributed by atoms with Crippen LogP contribution in [0.4, 0.5) is 14.5 Å². The van der Waals surface area contributed by atoms with Gasteiger partial charge in [0, 0.05) is 30.8 Å². The van der Waals surface area contributed by atoms with E-state index < -0.39 is 35.4 Å². The minimum Gasteiger partial charge on any atom is -0.489 e. The number of carbonyl (C=O) groups excluding carboxylic acids is 3. The number of hydrogen-bond acceptors (Lipinski definition) is 4. The molecule has 1 atom stereocenters. The van der Waals surface area contributed by atoms with Gasteiger partial charge in [0.05, 0.1) is 5.69 Å². The highest BCUT2D eigenvalue weighted by atomic mass is 19.1. The fourth-order valence-corrected chi connectivity index (χ4v) is 3.72. The Balaban J connectivity index is 1.39. The molecule has 0 fully saturated rings. The van der Waals surface area contributed by atoms with Crippen molar-refractivity contribution in [2.75, 3.05) is 25.1 Å². The van der Waals surface area contributed by atoms with Gasteiger partial charge in [-0.3, -0.25) is 14.4 Å². The molecule has 3 aromatic carbocycles. The summed E-state index contributed by atoms with van der Waals surface area (Å²) in [6, 6.07) is 16.2. The van der Waals surface area contributed by atoms with Crippen LogP contribution in [0.1, 0.15) is 16.7 Å². The van der Waals surface area contributed by atoms with Gasteiger partial charge >= 0.3 is 11.8 Å². The van der Waals surface area contributed by atoms with Crippen LogP contribution in [0.25, 0.3) is 0 Å². The molecule has 4 rings (SSSR count). The number of benzene rings is 3. The number of halogens is 2. The van der Waals surface area contributed by atoms with Crippen LogP contribution >= 0.6 is 0 Å². The highest BCUT2D eigenvalue weighted by Gasteiger charge is 2.32. The lowest BCUT2D eigenvalue weighted by Gasteiger charge is -2.20. The molecule has 0 spiro atoms. The van der Waals surface area contributed by atoms with Gasteiger partial charge in [-0.1, -0.05) is 42.2 Å². The van der Waals surface area contributed by atoms with Crippen LogP contribution in [0.5, 0.6) is 5.75 Å². The average Bonchev–Trinajstić information content (AvgIpc) is 2.99. The van der Waals surface area contributed by atoms with Crippen LogP contribution in [-0.2, 0) is 20.8 Å². The minimum absolute atomic E-state index is 0.165. The Hall–Kier alpha value is -4.71. The third-order valence-corrected chi connectivity index (χ3v) is 5.62. The van der Waals surface area contributed by atoms with Crippen molar-refractivity contribution in [3.63, 3.8) is 0 Å². The van der Waals surface area contributed by atoms with Gasteiger partial charge in [0.15, 0.2) is 0 Å². The van der Waals surface area contributed by atoms with Crippen LogP contribution in [0.2, 0.25) is 0 Å². The van der Waals surface area contributed by atoms with Gasteiger partial charge in [0.25, 0.3) is 5.91 Å². The van der Waals surface area contributed by atoms with Gasteiger partial charge in [-0.05, 0) is 42.3 Å². The fraction of sp³-hybridized carbons (Fsp3) is 0.179. The molecular formula is C28H23F2N3O4. The quantitative estimate of drug-likeness (QED) is 0.423. The van der Waals surface area contributed by atoms with Crippen molar-refractivity contribution in [1.82, 2.24) is 10.6 Å². The molecule has 7 nitrogen and oxygen atoms in total. The number of likely N-dealkylation sites (N-methyl/N-ethyl adjacent to an activating group) is 1. The number of nitrogens with zero attached hydrogens (tertiary/aromatic N) is 1. The Kier molecular flexibility index (Phi) is 7.79. The Morgan fingerprint density at radius 1 is 0.973 bits per heavy atom. The van der Waals surface area contributed by atoms with E-state index in [1.54, 1.807) is 18.2 Å². The number of ether oxygens (including phenoxy) is 1. The maximum absolute atomic E-state index is 13.4. The number of anilines is 1. The topological polar surface area (TPSA) is 87.7 Å². The van der Waals surface area contributed by atoms with Gasteiger partial charge in [0.2, 0.25) is 0 Å². The van der Waals surface area contributed by atoms with Crippen LogP contribution in [0.3, 0.4) is 0 Å². The molecule has 0 saturated carbocycles. The summed E-state index contributed by atoms with van der Waals surface area (Å²) < 4.78 is 32.5. The Labute approximate surface area is 212 Å². The number of hydrogen-bond donors (Lipinski definition) is 2. The summed E-state index contributed by atoms with van der Waals surface area (Å²) in [5.74, 6) is 2.14. The maximum atomic E-state index is 13.4. The second-order valence-corrected chi connectivity index (χ2v) is 8.32. The second-order valence-electron chi connectivity index (χ2n) is 8.32. The molecule has 0 unspecified atom stereocenters. The van der Waals surface area contributed by atoms with E-state index in [2.05, 4.69) is 22.5 Å². The summed E-state index contributed by atoms with van der Waals surface area (Å²) in [5, 5.41) is 4.97. The van der Waals surface area contributed by atoms with Crippen molar-refractivity contribution < 1.29 is 27.9 Å². The van der Waals surface area contributed by atoms with Gasteiger partial charge in [-0.25, -0.2) is 8.78 Å². The van der Waals surface area contributed by atoms with Gasteiger partial charge in [-0.15, -0.1) is 0 Å². The largest absolute Gasteiger partial charge is 0.489 e. The van der Waals surface area contributed by atoms with Crippen LogP contribution in [-0.4, -0.2) is 44.0 Å². The van der Waals surface area contributed by atoms with Crippen molar-refractivity contribution in [2.45, 2.75) is 12.5 Å². The predicted octanol–water partition coefficient (Wildman–Crippen LogP) is 2.56. The zero-order valence-corrected chi connectivity index (χ0v) is 19.9. The van der Waals surface area contributed by atoms with Crippen molar-refractivity contribution in [3.05, 3.63) is 95.1 Å².